The Kier molecular flexibility index (Phi) is 3.41. The van der Waals surface area contributed by atoms with E-state index in [2.05, 4.69) is 11.9 Å². The molecule has 1 unspecified atom stereocenters. The fourth-order valence-corrected chi connectivity index (χ4v) is 3.18. The minimum absolute atomic E-state index is 0.0421. The number of aromatic nitrogens is 1. The Morgan fingerprint density at radius 2 is 1.96 bits per heavy atom. The lowest BCUT2D eigenvalue weighted by molar-refractivity contribution is 0.622. The van der Waals surface area contributed by atoms with Crippen LogP contribution in [0.3, 0.4) is 0 Å². The van der Waals surface area contributed by atoms with Crippen LogP contribution < -0.4 is 0 Å². The lowest BCUT2D eigenvalue weighted by Crippen LogP contribution is -1.95. The van der Waals surface area contributed by atoms with Crippen molar-refractivity contribution in [2.45, 2.75) is 39.0 Å². The number of unbranched alkanes of at least 4 members (excludes halogenated alkanes) is 1. The molecule has 0 spiro atoms. The summed E-state index contributed by atoms with van der Waals surface area (Å²) in [6.45, 7) is 3.89. The predicted octanol–water partition coefficient (Wildman–Crippen LogP) is 6.94. The molecule has 1 atom stereocenters. The third kappa shape index (κ3) is 2.93. The number of hydrogen-bond donors (Lipinski definition) is 0. The van der Waals surface area contributed by atoms with Crippen molar-refractivity contribution in [2.75, 3.05) is 0 Å². The average molecular weight is 332 g/mol. The number of pyridine rings is 1. The van der Waals surface area contributed by atoms with Crippen molar-refractivity contribution in [3.63, 3.8) is 0 Å². The molecule has 0 N–H and O–H groups in total. The van der Waals surface area contributed by atoms with Crippen LogP contribution in [0.4, 0.5) is 0 Å². The minimum atomic E-state index is -0.917. The van der Waals surface area contributed by atoms with Gasteiger partial charge in [0.25, 0.3) is 0 Å². The zero-order chi connectivity index (χ0) is 19.9. The molecule has 0 fully saturated rings. The van der Waals surface area contributed by atoms with Gasteiger partial charge in [-0.25, -0.2) is 0 Å². The van der Waals surface area contributed by atoms with Crippen molar-refractivity contribution in [2.24, 2.45) is 0 Å². The number of fused-ring (bicyclic) bond motifs is 3. The molecule has 4 aromatic rings. The molecule has 25 heavy (non-hydrogen) atoms. The molecular weight excluding hydrogens is 306 g/mol. The van der Waals surface area contributed by atoms with Crippen molar-refractivity contribution in [3.05, 3.63) is 66.3 Å². The molecule has 2 heterocycles. The molecule has 0 saturated carbocycles. The second-order valence-electron chi connectivity index (χ2n) is 6.43. The maximum Gasteiger partial charge on any atom is 0.144 e. The van der Waals surface area contributed by atoms with E-state index in [9.17, 15) is 0 Å². The number of hydrogen-bond acceptors (Lipinski definition) is 2. The van der Waals surface area contributed by atoms with E-state index in [1.54, 1.807) is 13.1 Å². The summed E-state index contributed by atoms with van der Waals surface area (Å²) in [4.78, 5) is 4.52. The van der Waals surface area contributed by atoms with Crippen LogP contribution in [0.1, 0.15) is 48.7 Å². The van der Waals surface area contributed by atoms with E-state index in [0.29, 0.717) is 28.8 Å². The number of furan rings is 1. The van der Waals surface area contributed by atoms with Crippen molar-refractivity contribution in [1.82, 2.24) is 4.98 Å². The van der Waals surface area contributed by atoms with Crippen LogP contribution in [0.15, 0.2) is 65.2 Å². The highest BCUT2D eigenvalue weighted by molar-refractivity contribution is 6.09. The largest absolute Gasteiger partial charge is 0.455 e. The van der Waals surface area contributed by atoms with Crippen LogP contribution >= 0.6 is 0 Å². The Bertz CT molecular complexity index is 1160. The smallest absolute Gasteiger partial charge is 0.144 e. The summed E-state index contributed by atoms with van der Waals surface area (Å²) in [5.41, 5.74) is 3.10. The van der Waals surface area contributed by atoms with Gasteiger partial charge in [-0.05, 0) is 36.1 Å². The van der Waals surface area contributed by atoms with E-state index in [0.717, 1.165) is 29.2 Å². The van der Waals surface area contributed by atoms with Crippen molar-refractivity contribution >= 4 is 21.9 Å². The van der Waals surface area contributed by atoms with Gasteiger partial charge >= 0.3 is 0 Å². The first-order chi connectivity index (χ1) is 13.4. The van der Waals surface area contributed by atoms with Crippen molar-refractivity contribution < 1.29 is 8.53 Å². The maximum absolute atomic E-state index is 8.63. The lowest BCUT2D eigenvalue weighted by atomic mass is 9.96. The topological polar surface area (TPSA) is 26.0 Å². The highest BCUT2D eigenvalue weighted by Crippen LogP contribution is 2.35. The first-order valence-electron chi connectivity index (χ1n) is 10.3. The Balaban J connectivity index is 1.88. The number of benzene rings is 2. The van der Waals surface area contributed by atoms with Gasteiger partial charge in [0, 0.05) is 23.9 Å². The zero-order valence-corrected chi connectivity index (χ0v) is 14.6. The van der Waals surface area contributed by atoms with E-state index in [1.165, 1.54) is 0 Å². The Morgan fingerprint density at radius 3 is 2.84 bits per heavy atom. The van der Waals surface area contributed by atoms with Gasteiger partial charge in [0.2, 0.25) is 0 Å². The molecule has 2 nitrogen and oxygen atoms in total. The molecule has 0 aliphatic heterocycles. The molecule has 0 saturated heterocycles. The van der Waals surface area contributed by atoms with Crippen LogP contribution in [0.25, 0.3) is 33.2 Å². The third-order valence-electron chi connectivity index (χ3n) is 4.66. The van der Waals surface area contributed by atoms with Gasteiger partial charge in [-0.15, -0.1) is 0 Å². The van der Waals surface area contributed by atoms with E-state index in [1.807, 2.05) is 42.5 Å². The van der Waals surface area contributed by atoms with Crippen LogP contribution in [0, 0.1) is 0 Å². The first-order valence-corrected chi connectivity index (χ1v) is 8.81. The van der Waals surface area contributed by atoms with Crippen LogP contribution in [-0.4, -0.2) is 4.98 Å². The van der Waals surface area contributed by atoms with Crippen LogP contribution in [-0.2, 0) is 0 Å². The molecule has 4 rings (SSSR count). The molecule has 2 heteroatoms. The van der Waals surface area contributed by atoms with Gasteiger partial charge in [-0.3, -0.25) is 4.98 Å². The Morgan fingerprint density at radius 1 is 1.12 bits per heavy atom. The quantitative estimate of drug-likeness (QED) is 0.395. The Hall–Kier alpha value is -2.61. The van der Waals surface area contributed by atoms with E-state index >= 15 is 0 Å². The molecule has 126 valence electrons. The number of para-hydroxylation sites is 2. The molecule has 2 aromatic carbocycles. The molecule has 0 amide bonds. The van der Waals surface area contributed by atoms with E-state index in [-0.39, 0.29) is 12.1 Å². The molecule has 0 bridgehead atoms. The van der Waals surface area contributed by atoms with Gasteiger partial charge in [-0.2, -0.15) is 0 Å². The number of nitrogens with zero attached hydrogens (tertiary/aromatic N) is 1. The van der Waals surface area contributed by atoms with Crippen molar-refractivity contribution in [3.8, 4) is 11.3 Å². The summed E-state index contributed by atoms with van der Waals surface area (Å²) < 4.78 is 31.8. The standard InChI is InChI=1S/C23H23NO/c1-3-4-8-16(2)17-13-14-21(24-15-17)20-11-7-10-19-18-9-5-6-12-22(18)25-23(19)20/h5-7,9-16H,3-4,8H2,1-2H3/i13D,14D,16D. The average Bonchev–Trinajstić information content (AvgIpc) is 3.07. The monoisotopic (exact) mass is 332 g/mol. The summed E-state index contributed by atoms with van der Waals surface area (Å²) >= 11 is 0. The second-order valence-corrected chi connectivity index (χ2v) is 6.43. The lowest BCUT2D eigenvalue weighted by Gasteiger charge is -2.11. The van der Waals surface area contributed by atoms with E-state index < -0.39 is 5.89 Å². The SMILES string of the molecule is [2H]c1c(C([2H])(C)CCCC)cnc(-c2cccc3c2oc2ccccc23)c1[2H]. The molecule has 2 aromatic heterocycles. The molecule has 0 aliphatic rings. The fourth-order valence-electron chi connectivity index (χ4n) is 3.18. The van der Waals surface area contributed by atoms with Gasteiger partial charge in [0.15, 0.2) is 0 Å². The van der Waals surface area contributed by atoms with Crippen LogP contribution in [0.5, 0.6) is 0 Å². The summed E-state index contributed by atoms with van der Waals surface area (Å²) in [7, 11) is 0. The summed E-state index contributed by atoms with van der Waals surface area (Å²) in [6, 6.07) is 13.8. The zero-order valence-electron chi connectivity index (χ0n) is 17.6. The summed E-state index contributed by atoms with van der Waals surface area (Å²) in [5.74, 6) is -0.917. The normalized spacial score (nSPS) is 15.7. The summed E-state index contributed by atoms with van der Waals surface area (Å²) in [5, 5.41) is 1.99. The molecule has 0 aliphatic carbocycles. The van der Waals surface area contributed by atoms with Gasteiger partial charge in [0.1, 0.15) is 11.2 Å². The predicted molar refractivity (Wildman–Crippen MR) is 105 cm³/mol. The molecule has 0 radical (unpaired) electrons. The first kappa shape index (κ1) is 12.7. The van der Waals surface area contributed by atoms with Gasteiger partial charge in [-0.1, -0.05) is 63.1 Å². The second kappa shape index (κ2) is 6.72. The highest BCUT2D eigenvalue weighted by atomic mass is 16.3. The maximum atomic E-state index is 8.63. The third-order valence-corrected chi connectivity index (χ3v) is 4.66. The van der Waals surface area contributed by atoms with Crippen molar-refractivity contribution in [1.29, 1.82) is 0 Å². The Labute approximate surface area is 152 Å². The van der Waals surface area contributed by atoms with Gasteiger partial charge in [0.05, 0.1) is 8.44 Å². The fraction of sp³-hybridized carbons (Fsp3) is 0.261. The van der Waals surface area contributed by atoms with Gasteiger partial charge < -0.3 is 4.42 Å². The molecular formula is C23H23NO. The van der Waals surface area contributed by atoms with E-state index in [4.69, 9.17) is 8.53 Å². The van der Waals surface area contributed by atoms with Crippen LogP contribution in [0.2, 0.25) is 0 Å². The minimum Gasteiger partial charge on any atom is -0.455 e. The summed E-state index contributed by atoms with van der Waals surface area (Å²) in [6.07, 6.45) is 4.15. The highest BCUT2D eigenvalue weighted by Gasteiger charge is 2.13. The number of rotatable bonds is 5.